The molecule has 0 unspecified atom stereocenters. The highest BCUT2D eigenvalue weighted by atomic mass is 28.4. The fourth-order valence-electron chi connectivity index (χ4n) is 2.00. The minimum absolute atomic E-state index is 0.0916. The molecule has 128 valence electrons. The summed E-state index contributed by atoms with van der Waals surface area (Å²) >= 11 is 0. The van der Waals surface area contributed by atoms with Crippen LogP contribution in [0.2, 0.25) is 18.1 Å². The number of amides is 2. The summed E-state index contributed by atoms with van der Waals surface area (Å²) in [7, 11) is -1.92. The molecule has 0 bridgehead atoms. The Bertz CT molecular complexity index is 434. The third-order valence-corrected chi connectivity index (χ3v) is 8.78. The predicted octanol–water partition coefficient (Wildman–Crippen LogP) is 3.93. The van der Waals surface area contributed by atoms with E-state index in [4.69, 9.17) is 9.16 Å². The number of piperidine rings is 1. The predicted molar refractivity (Wildman–Crippen MR) is 89.3 cm³/mol. The van der Waals surface area contributed by atoms with Crippen molar-refractivity contribution in [2.75, 3.05) is 6.54 Å². The van der Waals surface area contributed by atoms with Crippen LogP contribution in [0.25, 0.3) is 0 Å². The molecule has 6 heteroatoms. The van der Waals surface area contributed by atoms with Crippen molar-refractivity contribution in [1.82, 2.24) is 4.90 Å². The molecule has 0 aromatic rings. The monoisotopic (exact) mass is 329 g/mol. The molecule has 0 aliphatic carbocycles. The van der Waals surface area contributed by atoms with Gasteiger partial charge in [0.05, 0.1) is 12.6 Å². The molecule has 1 atom stereocenters. The molecule has 1 rings (SSSR count). The second-order valence-corrected chi connectivity index (χ2v) is 13.3. The molecule has 5 nitrogen and oxygen atoms in total. The lowest BCUT2D eigenvalue weighted by Gasteiger charge is -2.41. The number of nitrogens with zero attached hydrogens (tertiary/aromatic N) is 1. The van der Waals surface area contributed by atoms with E-state index >= 15 is 0 Å². The zero-order valence-electron chi connectivity index (χ0n) is 15.3. The first-order valence-electron chi connectivity index (χ1n) is 7.94. The van der Waals surface area contributed by atoms with Crippen molar-refractivity contribution >= 4 is 20.3 Å². The Morgan fingerprint density at radius 1 is 1.18 bits per heavy atom. The molecule has 1 aliphatic heterocycles. The van der Waals surface area contributed by atoms with Gasteiger partial charge in [0, 0.05) is 6.42 Å². The first kappa shape index (κ1) is 19.2. The fourth-order valence-corrected chi connectivity index (χ4v) is 3.38. The van der Waals surface area contributed by atoms with Crippen LogP contribution in [0.5, 0.6) is 0 Å². The number of carbonyl (C=O) groups excluding carboxylic acids is 2. The van der Waals surface area contributed by atoms with E-state index in [1.54, 1.807) is 20.8 Å². The van der Waals surface area contributed by atoms with Crippen LogP contribution in [0.3, 0.4) is 0 Å². The van der Waals surface area contributed by atoms with Gasteiger partial charge in [0.2, 0.25) is 5.91 Å². The van der Waals surface area contributed by atoms with E-state index in [2.05, 4.69) is 33.9 Å². The van der Waals surface area contributed by atoms with Crippen LogP contribution in [-0.4, -0.2) is 43.5 Å². The molecule has 2 amide bonds. The van der Waals surface area contributed by atoms with Gasteiger partial charge >= 0.3 is 6.09 Å². The Balaban J connectivity index is 2.76. The molecule has 22 heavy (non-hydrogen) atoms. The van der Waals surface area contributed by atoms with Gasteiger partial charge in [0.25, 0.3) is 0 Å². The van der Waals surface area contributed by atoms with Crippen LogP contribution in [-0.2, 0) is 14.0 Å². The molecule has 1 saturated heterocycles. The van der Waals surface area contributed by atoms with Gasteiger partial charge in [-0.1, -0.05) is 20.8 Å². The largest absolute Gasteiger partial charge is 0.443 e. The maximum absolute atomic E-state index is 12.2. The zero-order valence-corrected chi connectivity index (χ0v) is 16.3. The number of ether oxygens (including phenoxy) is 1. The molecule has 0 aromatic heterocycles. The summed E-state index contributed by atoms with van der Waals surface area (Å²) in [5.41, 5.74) is -0.607. The highest BCUT2D eigenvalue weighted by Gasteiger charge is 2.42. The maximum atomic E-state index is 12.2. The summed E-state index contributed by atoms with van der Waals surface area (Å²) < 4.78 is 11.7. The van der Waals surface area contributed by atoms with Crippen molar-refractivity contribution in [2.45, 2.75) is 84.2 Å². The molecule has 0 radical (unpaired) electrons. The van der Waals surface area contributed by atoms with E-state index < -0.39 is 20.0 Å². The SMILES string of the molecule is CC(C)(C)OC(=O)N1C[C@H](O[Si](C)(C)C(C)(C)C)CCC1=O. The Hall–Kier alpha value is -0.883. The van der Waals surface area contributed by atoms with Gasteiger partial charge in [-0.05, 0) is 45.3 Å². The van der Waals surface area contributed by atoms with E-state index in [0.29, 0.717) is 19.4 Å². The minimum Gasteiger partial charge on any atom is -0.443 e. The van der Waals surface area contributed by atoms with E-state index in [9.17, 15) is 9.59 Å². The molecule has 0 N–H and O–H groups in total. The number of likely N-dealkylation sites (tertiary alicyclic amines) is 1. The average molecular weight is 330 g/mol. The number of rotatable bonds is 2. The van der Waals surface area contributed by atoms with Gasteiger partial charge < -0.3 is 9.16 Å². The van der Waals surface area contributed by atoms with Gasteiger partial charge in [0.15, 0.2) is 8.32 Å². The quantitative estimate of drug-likeness (QED) is 0.720. The molecular formula is C16H31NO4Si. The van der Waals surface area contributed by atoms with Gasteiger partial charge in [0.1, 0.15) is 5.60 Å². The van der Waals surface area contributed by atoms with Crippen molar-refractivity contribution in [1.29, 1.82) is 0 Å². The molecule has 1 aliphatic rings. The van der Waals surface area contributed by atoms with Crippen molar-refractivity contribution in [3.63, 3.8) is 0 Å². The highest BCUT2D eigenvalue weighted by Crippen LogP contribution is 2.38. The lowest BCUT2D eigenvalue weighted by molar-refractivity contribution is -0.135. The van der Waals surface area contributed by atoms with Crippen LogP contribution >= 0.6 is 0 Å². The third kappa shape index (κ3) is 5.09. The molecule has 0 aromatic carbocycles. The average Bonchev–Trinajstić information content (AvgIpc) is 2.27. The van der Waals surface area contributed by atoms with E-state index in [1.165, 1.54) is 4.90 Å². The van der Waals surface area contributed by atoms with Gasteiger partial charge in [-0.15, -0.1) is 0 Å². The van der Waals surface area contributed by atoms with Crippen molar-refractivity contribution in [3.8, 4) is 0 Å². The second kappa shape index (κ2) is 6.32. The molecule has 0 spiro atoms. The van der Waals surface area contributed by atoms with Crippen LogP contribution in [0.1, 0.15) is 54.4 Å². The smallest absolute Gasteiger partial charge is 0.417 e. The number of carbonyl (C=O) groups is 2. The Morgan fingerprint density at radius 2 is 1.73 bits per heavy atom. The first-order valence-corrected chi connectivity index (χ1v) is 10.8. The number of hydrogen-bond donors (Lipinski definition) is 0. The van der Waals surface area contributed by atoms with Gasteiger partial charge in [-0.3, -0.25) is 4.79 Å². The second-order valence-electron chi connectivity index (χ2n) is 8.52. The van der Waals surface area contributed by atoms with Crippen LogP contribution in [0, 0.1) is 0 Å². The summed E-state index contributed by atoms with van der Waals surface area (Å²) in [6.07, 6.45) is 0.343. The normalized spacial score (nSPS) is 21.0. The summed E-state index contributed by atoms with van der Waals surface area (Å²) in [4.78, 5) is 25.4. The minimum atomic E-state index is -1.92. The third-order valence-electron chi connectivity index (χ3n) is 4.25. The summed E-state index contributed by atoms with van der Waals surface area (Å²) in [5, 5.41) is 0.102. The van der Waals surface area contributed by atoms with Crippen LogP contribution in [0.15, 0.2) is 0 Å². The van der Waals surface area contributed by atoms with Gasteiger partial charge in [-0.25, -0.2) is 9.69 Å². The van der Waals surface area contributed by atoms with Crippen LogP contribution < -0.4 is 0 Å². The summed E-state index contributed by atoms with van der Waals surface area (Å²) in [6.45, 7) is 16.6. The molecule has 1 heterocycles. The lowest BCUT2D eigenvalue weighted by atomic mass is 10.1. The highest BCUT2D eigenvalue weighted by molar-refractivity contribution is 6.74. The van der Waals surface area contributed by atoms with Crippen molar-refractivity contribution in [3.05, 3.63) is 0 Å². The van der Waals surface area contributed by atoms with Crippen molar-refractivity contribution in [2.24, 2.45) is 0 Å². The first-order chi connectivity index (χ1) is 9.73. The summed E-state index contributed by atoms with van der Waals surface area (Å²) in [6, 6.07) is 0. The molecular weight excluding hydrogens is 298 g/mol. The van der Waals surface area contributed by atoms with E-state index in [1.807, 2.05) is 0 Å². The topological polar surface area (TPSA) is 55.8 Å². The van der Waals surface area contributed by atoms with Gasteiger partial charge in [-0.2, -0.15) is 0 Å². The fraction of sp³-hybridized carbons (Fsp3) is 0.875. The Kier molecular flexibility index (Phi) is 5.50. The van der Waals surface area contributed by atoms with Crippen LogP contribution in [0.4, 0.5) is 4.79 Å². The number of hydrogen-bond acceptors (Lipinski definition) is 4. The lowest BCUT2D eigenvalue weighted by Crippen LogP contribution is -2.52. The summed E-state index contributed by atoms with van der Waals surface area (Å²) in [5.74, 6) is -0.177. The van der Waals surface area contributed by atoms with E-state index in [-0.39, 0.29) is 17.0 Å². The van der Waals surface area contributed by atoms with Crippen molar-refractivity contribution < 1.29 is 18.8 Å². The standard InChI is InChI=1S/C16H31NO4Si/c1-15(2,3)20-14(19)17-11-12(9-10-13(17)18)21-22(7,8)16(4,5)6/h12H,9-11H2,1-8H3/t12-/m1/s1. The molecule has 0 saturated carbocycles. The molecule has 1 fully saturated rings. The van der Waals surface area contributed by atoms with E-state index in [0.717, 1.165) is 0 Å². The Labute approximate surface area is 135 Å². The number of imide groups is 1. The maximum Gasteiger partial charge on any atom is 0.417 e. The Morgan fingerprint density at radius 3 is 2.18 bits per heavy atom. The zero-order chi connectivity index (χ0) is 17.3.